The molecule has 144 valence electrons. The van der Waals surface area contributed by atoms with Gasteiger partial charge in [0.25, 0.3) is 0 Å². The van der Waals surface area contributed by atoms with Crippen LogP contribution in [0.15, 0.2) is 72.9 Å². The van der Waals surface area contributed by atoms with Gasteiger partial charge in [-0.25, -0.2) is 14.4 Å². The van der Waals surface area contributed by atoms with E-state index in [0.29, 0.717) is 31.2 Å². The molecule has 0 amide bonds. The van der Waals surface area contributed by atoms with Crippen molar-refractivity contribution in [1.82, 2.24) is 20.2 Å². The normalized spacial score (nSPS) is 16.3. The van der Waals surface area contributed by atoms with Crippen molar-refractivity contribution in [3.63, 3.8) is 0 Å². The second-order valence-electron chi connectivity index (χ2n) is 7.13. The summed E-state index contributed by atoms with van der Waals surface area (Å²) in [7, 11) is 0. The van der Waals surface area contributed by atoms with Crippen LogP contribution in [-0.2, 0) is 0 Å². The maximum absolute atomic E-state index is 13.9. The third-order valence-corrected chi connectivity index (χ3v) is 5.20. The SMILES string of the molecule is FC1CCN(c2nccc(-c3ccccc3)c2-c2nc(-c3ccccc3)n[nH]2)C1. The van der Waals surface area contributed by atoms with Crippen molar-refractivity contribution in [2.45, 2.75) is 12.6 Å². The fraction of sp³-hybridized carbons (Fsp3) is 0.174. The molecule has 1 aliphatic rings. The molecule has 1 fully saturated rings. The minimum Gasteiger partial charge on any atom is -0.353 e. The van der Waals surface area contributed by atoms with Crippen LogP contribution in [0.25, 0.3) is 33.9 Å². The second-order valence-corrected chi connectivity index (χ2v) is 7.13. The maximum Gasteiger partial charge on any atom is 0.181 e. The minimum atomic E-state index is -0.834. The average Bonchev–Trinajstić information content (AvgIpc) is 3.44. The van der Waals surface area contributed by atoms with Gasteiger partial charge >= 0.3 is 0 Å². The summed E-state index contributed by atoms with van der Waals surface area (Å²) in [5.74, 6) is 1.99. The fourth-order valence-electron chi connectivity index (χ4n) is 3.78. The number of rotatable bonds is 4. The quantitative estimate of drug-likeness (QED) is 0.551. The first kappa shape index (κ1) is 17.6. The van der Waals surface area contributed by atoms with E-state index in [1.165, 1.54) is 0 Å². The van der Waals surface area contributed by atoms with Gasteiger partial charge in [-0.05, 0) is 23.6 Å². The number of hydrogen-bond donors (Lipinski definition) is 1. The summed E-state index contributed by atoms with van der Waals surface area (Å²) >= 11 is 0. The number of nitrogens with one attached hydrogen (secondary N) is 1. The summed E-state index contributed by atoms with van der Waals surface area (Å²) in [5.41, 5.74) is 3.84. The predicted octanol–water partition coefficient (Wildman–Crippen LogP) is 4.75. The number of pyridine rings is 1. The van der Waals surface area contributed by atoms with Gasteiger partial charge in [0.05, 0.1) is 12.1 Å². The van der Waals surface area contributed by atoms with E-state index < -0.39 is 6.17 Å². The second kappa shape index (κ2) is 7.47. The molecule has 6 heteroatoms. The summed E-state index contributed by atoms with van der Waals surface area (Å²) < 4.78 is 13.9. The molecule has 0 radical (unpaired) electrons. The standard InChI is InChI=1S/C23H20FN5/c24-18-12-14-29(15-18)23-20(19(11-13-25-23)16-7-3-1-4-8-16)22-26-21(27-28-22)17-9-5-2-6-10-17/h1-11,13,18H,12,14-15H2,(H,26,27,28). The number of benzene rings is 2. The lowest BCUT2D eigenvalue weighted by molar-refractivity contribution is 0.364. The molecule has 0 saturated carbocycles. The van der Waals surface area contributed by atoms with Gasteiger partial charge in [0.15, 0.2) is 11.6 Å². The lowest BCUT2D eigenvalue weighted by Crippen LogP contribution is -2.22. The zero-order valence-corrected chi connectivity index (χ0v) is 15.8. The van der Waals surface area contributed by atoms with Crippen molar-refractivity contribution in [3.8, 4) is 33.9 Å². The molecule has 5 rings (SSSR count). The van der Waals surface area contributed by atoms with Gasteiger partial charge in [0.1, 0.15) is 12.0 Å². The van der Waals surface area contributed by atoms with Gasteiger partial charge in [0, 0.05) is 18.3 Å². The number of halogens is 1. The van der Waals surface area contributed by atoms with Crippen LogP contribution in [0.4, 0.5) is 10.2 Å². The highest BCUT2D eigenvalue weighted by Gasteiger charge is 2.28. The Hall–Kier alpha value is -3.54. The van der Waals surface area contributed by atoms with Gasteiger partial charge in [-0.2, -0.15) is 5.10 Å². The zero-order valence-electron chi connectivity index (χ0n) is 15.8. The maximum atomic E-state index is 13.9. The first-order valence-corrected chi connectivity index (χ1v) is 9.71. The lowest BCUT2D eigenvalue weighted by Gasteiger charge is -2.21. The summed E-state index contributed by atoms with van der Waals surface area (Å²) in [6.45, 7) is 0.983. The molecule has 1 aliphatic heterocycles. The molecule has 1 saturated heterocycles. The molecule has 0 aliphatic carbocycles. The molecule has 3 heterocycles. The Morgan fingerprint density at radius 2 is 1.66 bits per heavy atom. The van der Waals surface area contributed by atoms with Crippen molar-refractivity contribution >= 4 is 5.82 Å². The van der Waals surface area contributed by atoms with Crippen LogP contribution in [0.5, 0.6) is 0 Å². The van der Waals surface area contributed by atoms with Crippen LogP contribution in [0.2, 0.25) is 0 Å². The first-order valence-electron chi connectivity index (χ1n) is 9.71. The van der Waals surface area contributed by atoms with E-state index in [9.17, 15) is 4.39 Å². The van der Waals surface area contributed by atoms with Crippen molar-refractivity contribution in [3.05, 3.63) is 72.9 Å². The van der Waals surface area contributed by atoms with E-state index >= 15 is 0 Å². The molecule has 4 aromatic rings. The molecule has 1 unspecified atom stereocenters. The molecule has 1 atom stereocenters. The first-order chi connectivity index (χ1) is 14.3. The largest absolute Gasteiger partial charge is 0.353 e. The smallest absolute Gasteiger partial charge is 0.181 e. The van der Waals surface area contributed by atoms with Crippen LogP contribution >= 0.6 is 0 Å². The number of alkyl halides is 1. The monoisotopic (exact) mass is 385 g/mol. The topological polar surface area (TPSA) is 57.7 Å². The van der Waals surface area contributed by atoms with E-state index in [4.69, 9.17) is 4.98 Å². The van der Waals surface area contributed by atoms with Gasteiger partial charge in [0.2, 0.25) is 0 Å². The summed E-state index contributed by atoms with van der Waals surface area (Å²) in [6.07, 6.45) is 1.46. The van der Waals surface area contributed by atoms with Crippen molar-refractivity contribution < 1.29 is 4.39 Å². The Morgan fingerprint density at radius 3 is 2.34 bits per heavy atom. The van der Waals surface area contributed by atoms with Crippen LogP contribution in [0.3, 0.4) is 0 Å². The Morgan fingerprint density at radius 1 is 0.931 bits per heavy atom. The van der Waals surface area contributed by atoms with E-state index in [1.54, 1.807) is 6.20 Å². The predicted molar refractivity (Wildman–Crippen MR) is 112 cm³/mol. The Balaban J connectivity index is 1.67. The van der Waals surface area contributed by atoms with Crippen molar-refractivity contribution in [2.75, 3.05) is 18.0 Å². The van der Waals surface area contributed by atoms with E-state index in [0.717, 1.165) is 28.1 Å². The third-order valence-electron chi connectivity index (χ3n) is 5.20. The van der Waals surface area contributed by atoms with Gasteiger partial charge in [-0.15, -0.1) is 0 Å². The third kappa shape index (κ3) is 3.38. The number of aromatic nitrogens is 4. The number of nitrogens with zero attached hydrogens (tertiary/aromatic N) is 4. The summed E-state index contributed by atoms with van der Waals surface area (Å²) in [4.78, 5) is 11.4. The molecule has 0 spiro atoms. The average molecular weight is 385 g/mol. The van der Waals surface area contributed by atoms with Crippen molar-refractivity contribution in [1.29, 1.82) is 0 Å². The van der Waals surface area contributed by atoms with Gasteiger partial charge in [-0.1, -0.05) is 60.7 Å². The number of anilines is 1. The van der Waals surface area contributed by atoms with Gasteiger partial charge in [-0.3, -0.25) is 5.10 Å². The molecule has 2 aromatic carbocycles. The van der Waals surface area contributed by atoms with E-state index in [1.807, 2.05) is 59.5 Å². The fourth-order valence-corrected chi connectivity index (χ4v) is 3.78. The highest BCUT2D eigenvalue weighted by Crippen LogP contribution is 2.38. The Bertz CT molecular complexity index is 1110. The van der Waals surface area contributed by atoms with Crippen LogP contribution in [0.1, 0.15) is 6.42 Å². The highest BCUT2D eigenvalue weighted by atomic mass is 19.1. The van der Waals surface area contributed by atoms with Crippen LogP contribution in [0, 0.1) is 0 Å². The Labute approximate surface area is 168 Å². The van der Waals surface area contributed by atoms with Crippen LogP contribution in [-0.4, -0.2) is 39.4 Å². The molecule has 1 N–H and O–H groups in total. The van der Waals surface area contributed by atoms with Crippen molar-refractivity contribution in [2.24, 2.45) is 0 Å². The van der Waals surface area contributed by atoms with Crippen LogP contribution < -0.4 is 4.90 Å². The van der Waals surface area contributed by atoms with E-state index in [2.05, 4.69) is 27.3 Å². The van der Waals surface area contributed by atoms with Gasteiger partial charge < -0.3 is 4.90 Å². The lowest BCUT2D eigenvalue weighted by atomic mass is 10.00. The summed E-state index contributed by atoms with van der Waals surface area (Å²) in [5, 5.41) is 7.51. The molecule has 29 heavy (non-hydrogen) atoms. The number of H-pyrrole nitrogens is 1. The molecule has 5 nitrogen and oxygen atoms in total. The molecular weight excluding hydrogens is 365 g/mol. The molecule has 0 bridgehead atoms. The molecule has 2 aromatic heterocycles. The molecular formula is C23H20FN5. The zero-order chi connectivity index (χ0) is 19.6. The Kier molecular flexibility index (Phi) is 4.52. The van der Waals surface area contributed by atoms with E-state index in [-0.39, 0.29) is 0 Å². The number of hydrogen-bond acceptors (Lipinski definition) is 4. The minimum absolute atomic E-state index is 0.345. The highest BCUT2D eigenvalue weighted by molar-refractivity contribution is 5.88. The number of aromatic amines is 1. The summed E-state index contributed by atoms with van der Waals surface area (Å²) in [6, 6.07) is 21.9.